The van der Waals surface area contributed by atoms with Crippen LogP contribution < -0.4 is 42.2 Å². The van der Waals surface area contributed by atoms with E-state index in [1.807, 2.05) is 0 Å². The largest absolute Gasteiger partial charge is 0.508 e. The third kappa shape index (κ3) is 19.3. The zero-order valence-electron chi connectivity index (χ0n) is 34.3. The average molecular weight is 930 g/mol. The smallest absolute Gasteiger partial charge is 0.446 e. The molecule has 0 aliphatic rings. The third-order valence-corrected chi connectivity index (χ3v) is 10.2. The fraction of sp³-hybridized carbons (Fsp3) is 0.366. The highest BCUT2D eigenvalue weighted by molar-refractivity contribution is 7.81. The molecule has 1 unspecified atom stereocenters. The second-order valence-corrected chi connectivity index (χ2v) is 15.8. The molecule has 12 N–H and O–H groups in total. The second kappa shape index (κ2) is 25.6. The van der Waals surface area contributed by atoms with Gasteiger partial charge in [0.1, 0.15) is 17.5 Å². The topological polar surface area (TPSA) is 353 Å². The van der Waals surface area contributed by atoms with Gasteiger partial charge in [0.15, 0.2) is 11.6 Å². The summed E-state index contributed by atoms with van der Waals surface area (Å²) in [4.78, 5) is 102. The van der Waals surface area contributed by atoms with Crippen LogP contribution in [0.25, 0.3) is 0 Å². The number of hydrogen-bond acceptors (Lipinski definition) is 15. The molecule has 0 heterocycles. The maximum absolute atomic E-state index is 13.6. The van der Waals surface area contributed by atoms with Crippen molar-refractivity contribution in [2.45, 2.75) is 75.2 Å². The van der Waals surface area contributed by atoms with Crippen LogP contribution in [0, 0.1) is 0 Å². The molecular formula is C41H51N7O14S2. The number of phenolic OH excluding ortho intramolecular Hbond substituents is 1. The Morgan fingerprint density at radius 3 is 1.67 bits per heavy atom. The summed E-state index contributed by atoms with van der Waals surface area (Å²) >= 11 is 4.12. The van der Waals surface area contributed by atoms with Gasteiger partial charge in [0.2, 0.25) is 29.5 Å². The first kappa shape index (κ1) is 51.9. The molecule has 0 fully saturated rings. The first-order valence-electron chi connectivity index (χ1n) is 19.6. The Bertz CT molecular complexity index is 2210. The summed E-state index contributed by atoms with van der Waals surface area (Å²) in [5.74, 6) is -7.42. The summed E-state index contributed by atoms with van der Waals surface area (Å²) < 4.78 is 35.6. The zero-order valence-corrected chi connectivity index (χ0v) is 36.0. The van der Waals surface area contributed by atoms with E-state index in [1.165, 1.54) is 24.3 Å². The van der Waals surface area contributed by atoms with Gasteiger partial charge in [-0.2, -0.15) is 21.0 Å². The van der Waals surface area contributed by atoms with Crippen molar-refractivity contribution >= 4 is 70.1 Å². The number of primary amides is 2. The van der Waals surface area contributed by atoms with Crippen LogP contribution in [0.2, 0.25) is 0 Å². The van der Waals surface area contributed by atoms with Crippen LogP contribution >= 0.6 is 12.6 Å². The number of carbonyl (C=O) groups excluding carboxylic acids is 7. The number of aliphatic carboxylic acids is 1. The monoisotopic (exact) mass is 929 g/mol. The Hall–Kier alpha value is -6.40. The van der Waals surface area contributed by atoms with Crippen LogP contribution in [0.3, 0.4) is 0 Å². The van der Waals surface area contributed by atoms with Crippen LogP contribution in [-0.2, 0) is 68.0 Å². The number of hydrogen-bond donors (Lipinski definition) is 11. The summed E-state index contributed by atoms with van der Waals surface area (Å²) in [5.41, 5.74) is 12.9. The van der Waals surface area contributed by atoms with Gasteiger partial charge in [0, 0.05) is 18.6 Å². The van der Waals surface area contributed by atoms with Crippen LogP contribution in [-0.4, -0.2) is 119 Å². The highest BCUT2D eigenvalue weighted by Crippen LogP contribution is 2.16. The van der Waals surface area contributed by atoms with Gasteiger partial charge in [0.05, 0.1) is 43.7 Å². The van der Waals surface area contributed by atoms with Crippen LogP contribution in [0.5, 0.6) is 11.5 Å². The summed E-state index contributed by atoms with van der Waals surface area (Å²) in [5, 5.41) is 31.7. The molecule has 0 saturated carbocycles. The third-order valence-electron chi connectivity index (χ3n) is 9.46. The lowest BCUT2D eigenvalue weighted by molar-refractivity contribution is -0.141. The van der Waals surface area contributed by atoms with E-state index in [4.69, 9.17) is 16.0 Å². The van der Waals surface area contributed by atoms with Crippen molar-refractivity contribution in [1.29, 1.82) is 0 Å². The molecule has 23 heteroatoms. The van der Waals surface area contributed by atoms with Crippen LogP contribution in [0.15, 0.2) is 78.9 Å². The van der Waals surface area contributed by atoms with Gasteiger partial charge in [-0.3, -0.25) is 53.5 Å². The van der Waals surface area contributed by atoms with Gasteiger partial charge in [-0.05, 0) is 66.6 Å². The number of thiol groups is 1. The van der Waals surface area contributed by atoms with E-state index in [9.17, 15) is 57.0 Å². The minimum absolute atomic E-state index is 0.0736. The summed E-state index contributed by atoms with van der Waals surface area (Å²) in [6, 6.07) is 13.8. The van der Waals surface area contributed by atoms with Crippen LogP contribution in [0.1, 0.15) is 42.4 Å². The van der Waals surface area contributed by atoms with E-state index >= 15 is 0 Å². The molecule has 0 saturated heterocycles. The molecule has 64 heavy (non-hydrogen) atoms. The Balaban J connectivity index is 1.64. The number of aryl methyl sites for hydroxylation is 1. The van der Waals surface area contributed by atoms with E-state index in [-0.39, 0.29) is 43.1 Å². The molecule has 21 nitrogen and oxygen atoms in total. The lowest BCUT2D eigenvalue weighted by Crippen LogP contribution is -2.55. The van der Waals surface area contributed by atoms with Crippen molar-refractivity contribution < 1.29 is 65.7 Å². The molecule has 0 spiro atoms. The lowest BCUT2D eigenvalue weighted by atomic mass is 10.00. The van der Waals surface area contributed by atoms with E-state index in [0.717, 1.165) is 23.3 Å². The minimum Gasteiger partial charge on any atom is -0.508 e. The minimum atomic E-state index is -4.85. The molecule has 5 amide bonds. The highest BCUT2D eigenvalue weighted by atomic mass is 32.3. The van der Waals surface area contributed by atoms with E-state index in [0.29, 0.717) is 12.0 Å². The number of amides is 5. The predicted octanol–water partition coefficient (Wildman–Crippen LogP) is -1.34. The number of nitrogens with one attached hydrogen (secondary N) is 5. The second-order valence-electron chi connectivity index (χ2n) is 14.4. The molecule has 346 valence electrons. The number of carbonyl (C=O) groups is 8. The van der Waals surface area contributed by atoms with E-state index < -0.39 is 113 Å². The number of carboxylic acid groups (broad SMARTS) is 1. The zero-order chi connectivity index (χ0) is 47.4. The molecular weight excluding hydrogens is 879 g/mol. The maximum Gasteiger partial charge on any atom is 0.446 e. The molecule has 3 rings (SSSR count). The number of aromatic hydroxyl groups is 1. The first-order chi connectivity index (χ1) is 30.2. The van der Waals surface area contributed by atoms with Gasteiger partial charge >= 0.3 is 16.4 Å². The fourth-order valence-corrected chi connectivity index (χ4v) is 6.71. The normalized spacial score (nSPS) is 13.5. The number of nitrogens with two attached hydrogens (primary N) is 2. The highest BCUT2D eigenvalue weighted by Gasteiger charge is 2.30. The Labute approximate surface area is 373 Å². The van der Waals surface area contributed by atoms with Crippen molar-refractivity contribution in [3.05, 3.63) is 95.6 Å². The van der Waals surface area contributed by atoms with Gasteiger partial charge < -0.3 is 41.8 Å². The molecule has 0 aliphatic carbocycles. The SMILES string of the molecule is NC(=O)C(CCc1ccc(O)cc1)NCC(=O)[C@H](CS)NC(=O)CCC(=O)N[C@@H](CC(=O)O)C(=O)N[C@@H](Cc1ccc(OS(=O)(=O)O)cc1)C(=O)CN[C@@H](Cc1ccccc1)C(N)=O. The van der Waals surface area contributed by atoms with Crippen molar-refractivity contribution in [2.24, 2.45) is 11.5 Å². The van der Waals surface area contributed by atoms with Gasteiger partial charge in [-0.1, -0.05) is 54.6 Å². The lowest BCUT2D eigenvalue weighted by Gasteiger charge is -2.23. The van der Waals surface area contributed by atoms with Crippen molar-refractivity contribution in [1.82, 2.24) is 26.6 Å². The van der Waals surface area contributed by atoms with Gasteiger partial charge in [-0.15, -0.1) is 0 Å². The predicted molar refractivity (Wildman–Crippen MR) is 232 cm³/mol. The first-order valence-corrected chi connectivity index (χ1v) is 21.6. The average Bonchev–Trinajstić information content (AvgIpc) is 3.23. The molecule has 5 atom stereocenters. The van der Waals surface area contributed by atoms with E-state index in [2.05, 4.69) is 43.4 Å². The Morgan fingerprint density at radius 2 is 1.14 bits per heavy atom. The van der Waals surface area contributed by atoms with Gasteiger partial charge in [-0.25, -0.2) is 0 Å². The molecule has 0 radical (unpaired) electrons. The maximum atomic E-state index is 13.6. The number of ketones is 2. The number of phenols is 1. The van der Waals surface area contributed by atoms with Gasteiger partial charge in [0.25, 0.3) is 0 Å². The standard InChI is InChI=1S/C41H51N7O14S2/c42-39(56)29(15-10-24-6-11-27(49)12-7-24)44-22-35(51)33(23-63)47-37(53)17-16-36(52)46-32(20-38(54)55)41(58)48-30(18-26-8-13-28(14-9-26)62-64(59,60)61)34(50)21-45-31(40(43)57)19-25-4-2-1-3-5-25/h1-9,11-14,29-33,44-45,49,63H,10,15-23H2,(H2,42,56)(H2,43,57)(H,46,52)(H,47,53)(H,48,58)(H,54,55)(H,59,60,61)/t29?,30-,31-,32-,33-/m0/s1. The Morgan fingerprint density at radius 1 is 0.641 bits per heavy atom. The summed E-state index contributed by atoms with van der Waals surface area (Å²) in [6.07, 6.45) is -1.55. The summed E-state index contributed by atoms with van der Waals surface area (Å²) in [7, 11) is -4.85. The molecule has 0 aliphatic heterocycles. The number of rotatable bonds is 29. The molecule has 3 aromatic carbocycles. The number of carboxylic acids is 1. The molecule has 3 aromatic rings. The van der Waals surface area contributed by atoms with E-state index in [1.54, 1.807) is 42.5 Å². The Kier molecular flexibility index (Phi) is 20.8. The number of Topliss-reactive ketones (excluding diaryl/α,β-unsaturated/α-hetero) is 2. The summed E-state index contributed by atoms with van der Waals surface area (Å²) in [6.45, 7) is -0.882. The van der Waals surface area contributed by atoms with Crippen LogP contribution in [0.4, 0.5) is 0 Å². The molecule has 0 bridgehead atoms. The van der Waals surface area contributed by atoms with Crippen molar-refractivity contribution in [3.63, 3.8) is 0 Å². The molecule has 0 aromatic heterocycles. The van der Waals surface area contributed by atoms with Crippen molar-refractivity contribution in [3.8, 4) is 11.5 Å². The fourth-order valence-electron chi connectivity index (χ4n) is 6.06. The number of benzene rings is 3. The van der Waals surface area contributed by atoms with Crippen molar-refractivity contribution in [2.75, 3.05) is 18.8 Å². The quantitative estimate of drug-likeness (QED) is 0.0283.